The topological polar surface area (TPSA) is 116 Å². The fourth-order valence-electron chi connectivity index (χ4n) is 3.69. The molecule has 0 aliphatic heterocycles. The second-order valence-electron chi connectivity index (χ2n) is 7.41. The highest BCUT2D eigenvalue weighted by atomic mass is 79.9. The quantitative estimate of drug-likeness (QED) is 0.445. The number of thioether (sulfide) groups is 1. The van der Waals surface area contributed by atoms with E-state index in [0.29, 0.717) is 44.4 Å². The number of carbonyl (C=O) groups excluding carboxylic acids is 2. The summed E-state index contributed by atoms with van der Waals surface area (Å²) in [5.41, 5.74) is 7.10. The molecule has 0 fully saturated rings. The van der Waals surface area contributed by atoms with Gasteiger partial charge in [-0.15, -0.1) is 21.5 Å². The molecular weight excluding hydrogens is 502 g/mol. The van der Waals surface area contributed by atoms with E-state index in [1.54, 1.807) is 6.07 Å². The van der Waals surface area contributed by atoms with E-state index in [9.17, 15) is 9.59 Å². The lowest BCUT2D eigenvalue weighted by atomic mass is 9.88. The summed E-state index contributed by atoms with van der Waals surface area (Å²) in [5, 5.41) is 12.5. The molecule has 0 saturated carbocycles. The van der Waals surface area contributed by atoms with Gasteiger partial charge >= 0.3 is 0 Å². The van der Waals surface area contributed by atoms with Crippen LogP contribution in [-0.4, -0.2) is 32.3 Å². The number of halogens is 1. The number of carbonyl (C=O) groups is 2. The van der Waals surface area contributed by atoms with E-state index >= 15 is 0 Å². The van der Waals surface area contributed by atoms with Gasteiger partial charge in [0.05, 0.1) is 11.3 Å². The standard InChI is InChI=1S/C20H22BrN5O3S2/c1-3-26-18(12-6-7-14(21)29-12)24-25-20(26)30-9-15(27)23-19-16(17(22)28)11-5-4-10(2)8-13(11)31-19/h6-7,10H,3-5,8-9H2,1-2H3,(H2,22,28)(H,23,27). The van der Waals surface area contributed by atoms with Gasteiger partial charge in [0.25, 0.3) is 5.91 Å². The first kappa shape index (κ1) is 22.1. The van der Waals surface area contributed by atoms with Crippen molar-refractivity contribution in [2.75, 3.05) is 11.1 Å². The average molecular weight is 524 g/mol. The summed E-state index contributed by atoms with van der Waals surface area (Å²) in [6, 6.07) is 3.61. The maximum absolute atomic E-state index is 12.7. The Morgan fingerprint density at radius 2 is 2.23 bits per heavy atom. The summed E-state index contributed by atoms with van der Waals surface area (Å²) >= 11 is 6.04. The van der Waals surface area contributed by atoms with Crippen molar-refractivity contribution >= 4 is 55.8 Å². The lowest BCUT2D eigenvalue weighted by molar-refractivity contribution is -0.113. The zero-order valence-electron chi connectivity index (χ0n) is 17.1. The van der Waals surface area contributed by atoms with Gasteiger partial charge in [-0.3, -0.25) is 14.2 Å². The van der Waals surface area contributed by atoms with Crippen LogP contribution in [0.4, 0.5) is 5.00 Å². The fourth-order valence-corrected chi connectivity index (χ4v) is 6.23. The fraction of sp³-hybridized carbons (Fsp3) is 0.400. The van der Waals surface area contributed by atoms with Gasteiger partial charge < -0.3 is 15.5 Å². The predicted octanol–water partition coefficient (Wildman–Crippen LogP) is 4.34. The second kappa shape index (κ2) is 9.17. The molecule has 31 heavy (non-hydrogen) atoms. The number of nitrogens with zero attached hydrogens (tertiary/aromatic N) is 3. The molecule has 3 N–H and O–H groups in total. The minimum absolute atomic E-state index is 0.136. The Bertz CT molecular complexity index is 1140. The number of fused-ring (bicyclic) bond motifs is 1. The number of furan rings is 1. The van der Waals surface area contributed by atoms with Gasteiger partial charge in [-0.2, -0.15) is 0 Å². The van der Waals surface area contributed by atoms with Gasteiger partial charge in [0, 0.05) is 11.4 Å². The molecule has 8 nitrogen and oxygen atoms in total. The SMILES string of the molecule is CCn1c(SCC(=O)Nc2sc3c(c2C(N)=O)CCC(C)C3)nnc1-c1ccc(Br)o1. The molecule has 1 aliphatic rings. The monoisotopic (exact) mass is 523 g/mol. The number of amides is 2. The van der Waals surface area contributed by atoms with Gasteiger partial charge in [0.2, 0.25) is 11.7 Å². The highest BCUT2D eigenvalue weighted by molar-refractivity contribution is 9.10. The highest BCUT2D eigenvalue weighted by Crippen LogP contribution is 2.39. The van der Waals surface area contributed by atoms with E-state index in [2.05, 4.69) is 38.4 Å². The lowest BCUT2D eigenvalue weighted by Gasteiger charge is -2.18. The number of hydrogen-bond donors (Lipinski definition) is 2. The van der Waals surface area contributed by atoms with Crippen molar-refractivity contribution in [1.29, 1.82) is 0 Å². The van der Waals surface area contributed by atoms with Crippen LogP contribution in [0.3, 0.4) is 0 Å². The van der Waals surface area contributed by atoms with Crippen LogP contribution in [0.15, 0.2) is 26.4 Å². The smallest absolute Gasteiger partial charge is 0.251 e. The van der Waals surface area contributed by atoms with Crippen LogP contribution in [0, 0.1) is 5.92 Å². The largest absolute Gasteiger partial charge is 0.446 e. The summed E-state index contributed by atoms with van der Waals surface area (Å²) in [6.07, 6.45) is 2.76. The number of primary amides is 1. The van der Waals surface area contributed by atoms with Gasteiger partial charge in [-0.1, -0.05) is 18.7 Å². The molecule has 4 rings (SSSR count). The van der Waals surface area contributed by atoms with E-state index in [1.807, 2.05) is 17.6 Å². The third kappa shape index (κ3) is 4.58. The van der Waals surface area contributed by atoms with Crippen molar-refractivity contribution in [3.05, 3.63) is 32.8 Å². The van der Waals surface area contributed by atoms with E-state index in [-0.39, 0.29) is 11.7 Å². The summed E-state index contributed by atoms with van der Waals surface area (Å²) in [5.74, 6) is 1.20. The molecule has 1 aliphatic carbocycles. The summed E-state index contributed by atoms with van der Waals surface area (Å²) in [6.45, 7) is 4.80. The van der Waals surface area contributed by atoms with Crippen LogP contribution in [0.5, 0.6) is 0 Å². The van der Waals surface area contributed by atoms with Crippen LogP contribution in [0.1, 0.15) is 41.1 Å². The molecule has 1 atom stereocenters. The molecule has 0 spiro atoms. The van der Waals surface area contributed by atoms with Crippen molar-refractivity contribution in [3.8, 4) is 11.6 Å². The maximum Gasteiger partial charge on any atom is 0.251 e. The molecule has 3 aromatic rings. The zero-order valence-corrected chi connectivity index (χ0v) is 20.3. The number of anilines is 1. The molecular formula is C20H22BrN5O3S2. The molecule has 0 aromatic carbocycles. The number of rotatable bonds is 7. The van der Waals surface area contributed by atoms with Crippen LogP contribution in [0.2, 0.25) is 0 Å². The Labute approximate surface area is 196 Å². The maximum atomic E-state index is 12.7. The molecule has 0 saturated heterocycles. The van der Waals surface area contributed by atoms with Gasteiger partial charge in [-0.05, 0) is 65.7 Å². The van der Waals surface area contributed by atoms with Crippen molar-refractivity contribution in [1.82, 2.24) is 14.8 Å². The Kier molecular flexibility index (Phi) is 6.54. The van der Waals surface area contributed by atoms with Crippen LogP contribution >= 0.6 is 39.0 Å². The van der Waals surface area contributed by atoms with Crippen molar-refractivity contribution in [3.63, 3.8) is 0 Å². The Balaban J connectivity index is 1.47. The van der Waals surface area contributed by atoms with Gasteiger partial charge in [-0.25, -0.2) is 0 Å². The molecule has 11 heteroatoms. The molecule has 3 aromatic heterocycles. The number of nitrogens with two attached hydrogens (primary N) is 1. The number of aromatic nitrogens is 3. The molecule has 3 heterocycles. The number of hydrogen-bond acceptors (Lipinski definition) is 7. The molecule has 0 radical (unpaired) electrons. The lowest BCUT2D eigenvalue weighted by Crippen LogP contribution is -2.20. The van der Waals surface area contributed by atoms with Gasteiger partial charge in [0.1, 0.15) is 5.00 Å². The third-order valence-corrected chi connectivity index (χ3v) is 7.73. The van der Waals surface area contributed by atoms with Crippen molar-refractivity contribution in [2.45, 2.75) is 44.8 Å². The van der Waals surface area contributed by atoms with E-state index < -0.39 is 5.91 Å². The number of nitrogens with one attached hydrogen (secondary N) is 1. The molecule has 2 amide bonds. The zero-order chi connectivity index (χ0) is 22.1. The Morgan fingerprint density at radius 1 is 1.42 bits per heavy atom. The van der Waals surface area contributed by atoms with Gasteiger partial charge in [0.15, 0.2) is 15.6 Å². The van der Waals surface area contributed by atoms with E-state index in [1.165, 1.54) is 23.1 Å². The van der Waals surface area contributed by atoms with Crippen molar-refractivity contribution in [2.24, 2.45) is 11.7 Å². The van der Waals surface area contributed by atoms with Crippen molar-refractivity contribution < 1.29 is 14.0 Å². The average Bonchev–Trinajstić information content (AvgIpc) is 3.41. The predicted molar refractivity (Wildman–Crippen MR) is 124 cm³/mol. The van der Waals surface area contributed by atoms with Crippen LogP contribution in [-0.2, 0) is 24.2 Å². The Hall–Kier alpha value is -2.11. The van der Waals surface area contributed by atoms with E-state index in [0.717, 1.165) is 29.7 Å². The van der Waals surface area contributed by atoms with E-state index in [4.69, 9.17) is 10.2 Å². The Morgan fingerprint density at radius 3 is 2.90 bits per heavy atom. The first-order valence-electron chi connectivity index (χ1n) is 9.93. The summed E-state index contributed by atoms with van der Waals surface area (Å²) in [4.78, 5) is 25.9. The first-order chi connectivity index (χ1) is 14.9. The second-order valence-corrected chi connectivity index (χ2v) is 10.2. The highest BCUT2D eigenvalue weighted by Gasteiger charge is 2.27. The first-order valence-corrected chi connectivity index (χ1v) is 12.5. The normalized spacial score (nSPS) is 15.6. The minimum Gasteiger partial charge on any atom is -0.446 e. The summed E-state index contributed by atoms with van der Waals surface area (Å²) in [7, 11) is 0. The molecule has 0 bridgehead atoms. The van der Waals surface area contributed by atoms with Crippen LogP contribution in [0.25, 0.3) is 11.6 Å². The molecule has 1 unspecified atom stereocenters. The molecule has 164 valence electrons. The summed E-state index contributed by atoms with van der Waals surface area (Å²) < 4.78 is 8.08. The van der Waals surface area contributed by atoms with Crippen LogP contribution < -0.4 is 11.1 Å². The third-order valence-electron chi connectivity index (χ3n) is 5.17. The minimum atomic E-state index is -0.491. The number of thiophene rings is 1.